The van der Waals surface area contributed by atoms with E-state index in [0.717, 1.165) is 12.0 Å². The van der Waals surface area contributed by atoms with Gasteiger partial charge in [-0.15, -0.1) is 0 Å². The van der Waals surface area contributed by atoms with Crippen LogP contribution in [0.1, 0.15) is 37.3 Å². The fraction of sp³-hybridized carbons (Fsp3) is 0.208. The lowest BCUT2D eigenvalue weighted by Gasteiger charge is -2.07. The minimum absolute atomic E-state index is 0.695. The van der Waals surface area contributed by atoms with Crippen molar-refractivity contribution in [1.82, 2.24) is 0 Å². The maximum atomic E-state index is 8.90. The molecule has 0 aliphatic rings. The van der Waals surface area contributed by atoms with Gasteiger partial charge in [0, 0.05) is 0 Å². The van der Waals surface area contributed by atoms with Crippen molar-refractivity contribution < 1.29 is 0 Å². The van der Waals surface area contributed by atoms with Crippen molar-refractivity contribution in [3.05, 3.63) is 83.9 Å². The van der Waals surface area contributed by atoms with Gasteiger partial charge in [0.25, 0.3) is 0 Å². The third-order valence-electron chi connectivity index (χ3n) is 4.56. The van der Waals surface area contributed by atoms with E-state index in [1.54, 1.807) is 0 Å². The molecule has 1 heteroatoms. The van der Waals surface area contributed by atoms with E-state index >= 15 is 0 Å². The lowest BCUT2D eigenvalue weighted by Crippen LogP contribution is -1.87. The summed E-state index contributed by atoms with van der Waals surface area (Å²) in [5.41, 5.74) is 6.95. The minimum atomic E-state index is 0.695. The van der Waals surface area contributed by atoms with Gasteiger partial charge >= 0.3 is 0 Å². The molecule has 0 aromatic heterocycles. The summed E-state index contributed by atoms with van der Waals surface area (Å²) in [4.78, 5) is 0. The van der Waals surface area contributed by atoms with E-state index in [1.807, 2.05) is 24.3 Å². The number of nitriles is 1. The SMILES string of the molecule is CCCCCc1cccc(-c2ccc(-c3ccc(C#N)cc3)cc2)c1. The topological polar surface area (TPSA) is 23.8 Å². The molecule has 0 radical (unpaired) electrons. The zero-order valence-electron chi connectivity index (χ0n) is 14.7. The maximum Gasteiger partial charge on any atom is 0.0991 e. The summed E-state index contributed by atoms with van der Waals surface area (Å²) in [6, 6.07) is 27.4. The Hall–Kier alpha value is -2.85. The fourth-order valence-electron chi connectivity index (χ4n) is 3.08. The molecule has 124 valence electrons. The number of nitrogens with zero attached hydrogens (tertiary/aromatic N) is 1. The monoisotopic (exact) mass is 325 g/mol. The molecule has 0 saturated heterocycles. The van der Waals surface area contributed by atoms with Gasteiger partial charge in [-0.05, 0) is 52.8 Å². The number of hydrogen-bond donors (Lipinski definition) is 0. The predicted octanol–water partition coefficient (Wildman–Crippen LogP) is 6.62. The summed E-state index contributed by atoms with van der Waals surface area (Å²) in [5.74, 6) is 0. The third kappa shape index (κ3) is 4.37. The molecule has 0 atom stereocenters. The molecule has 1 nitrogen and oxygen atoms in total. The van der Waals surface area contributed by atoms with Crippen LogP contribution in [0.2, 0.25) is 0 Å². The molecule has 0 spiro atoms. The van der Waals surface area contributed by atoms with Gasteiger partial charge in [0.05, 0.1) is 11.6 Å². The van der Waals surface area contributed by atoms with Crippen LogP contribution in [0.15, 0.2) is 72.8 Å². The first-order chi connectivity index (χ1) is 12.3. The molecule has 3 aromatic carbocycles. The van der Waals surface area contributed by atoms with Gasteiger partial charge < -0.3 is 0 Å². The molecule has 0 aliphatic heterocycles. The Bertz CT molecular complexity index is 852. The number of unbranched alkanes of at least 4 members (excludes halogenated alkanes) is 2. The first-order valence-electron chi connectivity index (χ1n) is 9.00. The van der Waals surface area contributed by atoms with E-state index in [9.17, 15) is 0 Å². The first-order valence-corrected chi connectivity index (χ1v) is 9.00. The van der Waals surface area contributed by atoms with Crippen molar-refractivity contribution in [1.29, 1.82) is 5.26 Å². The second-order valence-electron chi connectivity index (χ2n) is 6.42. The molecule has 0 N–H and O–H groups in total. The van der Waals surface area contributed by atoms with E-state index in [4.69, 9.17) is 5.26 Å². The summed E-state index contributed by atoms with van der Waals surface area (Å²) in [7, 11) is 0. The Morgan fingerprint density at radius 1 is 0.720 bits per heavy atom. The number of benzene rings is 3. The van der Waals surface area contributed by atoms with E-state index in [2.05, 4.69) is 61.5 Å². The van der Waals surface area contributed by atoms with Crippen LogP contribution in [0.4, 0.5) is 0 Å². The molecule has 3 rings (SSSR count). The fourth-order valence-corrected chi connectivity index (χ4v) is 3.08. The predicted molar refractivity (Wildman–Crippen MR) is 105 cm³/mol. The standard InChI is InChI=1S/C24H23N/c1-2-3-4-6-19-7-5-8-24(17-19)23-15-13-22(14-16-23)21-11-9-20(18-25)10-12-21/h5,7-17H,2-4,6H2,1H3. The molecule has 0 aliphatic carbocycles. The molecule has 0 heterocycles. The van der Waals surface area contributed by atoms with Crippen LogP contribution in [-0.2, 0) is 6.42 Å². The number of aryl methyl sites for hydroxylation is 1. The van der Waals surface area contributed by atoms with E-state index in [1.165, 1.54) is 41.5 Å². The zero-order chi connectivity index (χ0) is 17.5. The quantitative estimate of drug-likeness (QED) is 0.467. The highest BCUT2D eigenvalue weighted by Crippen LogP contribution is 2.26. The van der Waals surface area contributed by atoms with Gasteiger partial charge in [-0.3, -0.25) is 0 Å². The van der Waals surface area contributed by atoms with Crippen LogP contribution in [-0.4, -0.2) is 0 Å². The van der Waals surface area contributed by atoms with Gasteiger partial charge in [-0.2, -0.15) is 5.26 Å². The Morgan fingerprint density at radius 2 is 1.32 bits per heavy atom. The molecule has 0 fully saturated rings. The van der Waals surface area contributed by atoms with Gasteiger partial charge in [-0.25, -0.2) is 0 Å². The zero-order valence-corrected chi connectivity index (χ0v) is 14.7. The van der Waals surface area contributed by atoms with E-state index in [0.29, 0.717) is 5.56 Å². The van der Waals surface area contributed by atoms with Gasteiger partial charge in [-0.1, -0.05) is 80.4 Å². The highest BCUT2D eigenvalue weighted by Gasteiger charge is 2.02. The Labute approximate surface area is 150 Å². The molecule has 0 bridgehead atoms. The molecular formula is C24H23N. The van der Waals surface area contributed by atoms with E-state index in [-0.39, 0.29) is 0 Å². The number of hydrogen-bond acceptors (Lipinski definition) is 1. The Kier molecular flexibility index (Phi) is 5.65. The van der Waals surface area contributed by atoms with Gasteiger partial charge in [0.15, 0.2) is 0 Å². The van der Waals surface area contributed by atoms with Crippen LogP contribution in [0.25, 0.3) is 22.3 Å². The summed E-state index contributed by atoms with van der Waals surface area (Å²) < 4.78 is 0. The van der Waals surface area contributed by atoms with Crippen molar-refractivity contribution in [2.45, 2.75) is 32.6 Å². The Morgan fingerprint density at radius 3 is 1.92 bits per heavy atom. The highest BCUT2D eigenvalue weighted by molar-refractivity contribution is 5.71. The molecule has 0 saturated carbocycles. The van der Waals surface area contributed by atoms with Crippen LogP contribution in [0.5, 0.6) is 0 Å². The van der Waals surface area contributed by atoms with Crippen molar-refractivity contribution in [3.63, 3.8) is 0 Å². The second kappa shape index (κ2) is 8.31. The molecule has 25 heavy (non-hydrogen) atoms. The summed E-state index contributed by atoms with van der Waals surface area (Å²) >= 11 is 0. The van der Waals surface area contributed by atoms with Gasteiger partial charge in [0.1, 0.15) is 0 Å². The van der Waals surface area contributed by atoms with Crippen molar-refractivity contribution in [3.8, 4) is 28.3 Å². The van der Waals surface area contributed by atoms with Crippen LogP contribution in [0.3, 0.4) is 0 Å². The minimum Gasteiger partial charge on any atom is -0.192 e. The smallest absolute Gasteiger partial charge is 0.0991 e. The average Bonchev–Trinajstić information content (AvgIpc) is 2.69. The van der Waals surface area contributed by atoms with Crippen LogP contribution >= 0.6 is 0 Å². The van der Waals surface area contributed by atoms with Crippen LogP contribution in [0, 0.1) is 11.3 Å². The lowest BCUT2D eigenvalue weighted by molar-refractivity contribution is 0.717. The van der Waals surface area contributed by atoms with E-state index < -0.39 is 0 Å². The largest absolute Gasteiger partial charge is 0.192 e. The Balaban J connectivity index is 1.77. The molecule has 3 aromatic rings. The van der Waals surface area contributed by atoms with Crippen LogP contribution < -0.4 is 0 Å². The lowest BCUT2D eigenvalue weighted by atomic mass is 9.97. The molecule has 0 unspecified atom stereocenters. The number of rotatable bonds is 6. The first kappa shape index (κ1) is 17.0. The summed E-state index contributed by atoms with van der Waals surface area (Å²) in [6.45, 7) is 2.24. The molecule has 0 amide bonds. The second-order valence-corrected chi connectivity index (χ2v) is 6.42. The van der Waals surface area contributed by atoms with Crippen molar-refractivity contribution in [2.24, 2.45) is 0 Å². The highest BCUT2D eigenvalue weighted by atomic mass is 14.2. The summed E-state index contributed by atoms with van der Waals surface area (Å²) in [5, 5.41) is 8.90. The van der Waals surface area contributed by atoms with Gasteiger partial charge in [0.2, 0.25) is 0 Å². The summed E-state index contributed by atoms with van der Waals surface area (Å²) in [6.07, 6.45) is 4.97. The molecular weight excluding hydrogens is 302 g/mol. The normalized spacial score (nSPS) is 10.4. The third-order valence-corrected chi connectivity index (χ3v) is 4.56. The van der Waals surface area contributed by atoms with Crippen molar-refractivity contribution in [2.75, 3.05) is 0 Å². The average molecular weight is 325 g/mol. The van der Waals surface area contributed by atoms with Crippen molar-refractivity contribution >= 4 is 0 Å². The maximum absolute atomic E-state index is 8.90.